The number of ether oxygens (including phenoxy) is 1. The van der Waals surface area contributed by atoms with E-state index >= 15 is 0 Å². The predicted molar refractivity (Wildman–Crippen MR) is 153 cm³/mol. The van der Waals surface area contributed by atoms with Gasteiger partial charge in [-0.25, -0.2) is 4.98 Å². The molecule has 11 heteroatoms. The summed E-state index contributed by atoms with van der Waals surface area (Å²) in [6.07, 6.45) is -0.320. The number of likely N-dealkylation sites (N-methyl/N-ethyl adjacent to an activating group) is 1. The van der Waals surface area contributed by atoms with Gasteiger partial charge in [-0.2, -0.15) is 13.2 Å². The van der Waals surface area contributed by atoms with Crippen LogP contribution in [0.4, 0.5) is 30.4 Å². The van der Waals surface area contributed by atoms with Crippen LogP contribution in [0, 0.1) is 5.92 Å². The molecule has 3 aliphatic rings. The van der Waals surface area contributed by atoms with Gasteiger partial charge in [0.1, 0.15) is 17.3 Å². The third-order valence-electron chi connectivity index (χ3n) is 8.26. The Balaban J connectivity index is 1.18. The van der Waals surface area contributed by atoms with Crippen LogP contribution < -0.4 is 20.3 Å². The SMILES string of the molecule is CN1CCN(c2cc(NC(=O)C3CCc4ccc(Oc5ccnc6c5CCC(=O)N6)cc4C3)cc(C(F)(F)F)c2)CC1. The molecule has 3 heterocycles. The molecule has 1 fully saturated rings. The number of alkyl halides is 3. The molecule has 0 radical (unpaired) electrons. The van der Waals surface area contributed by atoms with E-state index in [0.717, 1.165) is 41.9 Å². The number of rotatable bonds is 5. The first kappa shape index (κ1) is 28.0. The zero-order valence-corrected chi connectivity index (χ0v) is 23.3. The van der Waals surface area contributed by atoms with Gasteiger partial charge in [-0.1, -0.05) is 6.07 Å². The molecule has 1 aromatic heterocycles. The van der Waals surface area contributed by atoms with Crippen molar-refractivity contribution in [3.8, 4) is 11.5 Å². The summed E-state index contributed by atoms with van der Waals surface area (Å²) in [4.78, 5) is 33.4. The van der Waals surface area contributed by atoms with E-state index in [1.807, 2.05) is 30.1 Å². The lowest BCUT2D eigenvalue weighted by Crippen LogP contribution is -2.44. The largest absolute Gasteiger partial charge is 0.457 e. The Bertz CT molecular complexity index is 1520. The first-order valence-corrected chi connectivity index (χ1v) is 14.2. The van der Waals surface area contributed by atoms with Crippen molar-refractivity contribution in [1.29, 1.82) is 0 Å². The number of piperazine rings is 1. The molecule has 2 aliphatic heterocycles. The van der Waals surface area contributed by atoms with Crippen molar-refractivity contribution >= 4 is 29.0 Å². The molecule has 3 aromatic rings. The molecular weight excluding hydrogens is 547 g/mol. The highest BCUT2D eigenvalue weighted by Crippen LogP contribution is 2.37. The van der Waals surface area contributed by atoms with Crippen molar-refractivity contribution in [3.05, 3.63) is 70.9 Å². The van der Waals surface area contributed by atoms with Crippen molar-refractivity contribution in [2.24, 2.45) is 5.92 Å². The molecule has 2 N–H and O–H groups in total. The smallest absolute Gasteiger partial charge is 0.416 e. The molecule has 1 unspecified atom stereocenters. The van der Waals surface area contributed by atoms with Gasteiger partial charge in [0.05, 0.1) is 5.56 Å². The van der Waals surface area contributed by atoms with E-state index in [9.17, 15) is 22.8 Å². The average Bonchev–Trinajstić information content (AvgIpc) is 2.96. The lowest BCUT2D eigenvalue weighted by Gasteiger charge is -2.34. The summed E-state index contributed by atoms with van der Waals surface area (Å²) in [6.45, 7) is 2.74. The van der Waals surface area contributed by atoms with Gasteiger partial charge in [-0.15, -0.1) is 0 Å². The molecule has 42 heavy (non-hydrogen) atoms. The van der Waals surface area contributed by atoms with Crippen LogP contribution in [0.5, 0.6) is 11.5 Å². The summed E-state index contributed by atoms with van der Waals surface area (Å²) in [6, 6.07) is 11.4. The maximum atomic E-state index is 13.8. The quantitative estimate of drug-likeness (QED) is 0.428. The fourth-order valence-corrected chi connectivity index (χ4v) is 5.84. The minimum Gasteiger partial charge on any atom is -0.457 e. The molecule has 1 aliphatic carbocycles. The molecule has 8 nitrogen and oxygen atoms in total. The number of hydrogen-bond acceptors (Lipinski definition) is 6. The van der Waals surface area contributed by atoms with Crippen LogP contribution in [0.15, 0.2) is 48.7 Å². The maximum Gasteiger partial charge on any atom is 0.416 e. The fraction of sp³-hybridized carbons (Fsp3) is 0.387. The van der Waals surface area contributed by atoms with Crippen LogP contribution in [0.25, 0.3) is 0 Å². The minimum atomic E-state index is -4.53. The fourth-order valence-electron chi connectivity index (χ4n) is 5.84. The molecule has 1 saturated heterocycles. The van der Waals surface area contributed by atoms with Gasteiger partial charge in [0, 0.05) is 61.7 Å². The number of anilines is 3. The first-order chi connectivity index (χ1) is 20.1. The number of carbonyl (C=O) groups excluding carboxylic acids is 2. The van der Waals surface area contributed by atoms with Crippen LogP contribution in [0.1, 0.15) is 35.1 Å². The normalized spacial score (nSPS) is 19.0. The number of carbonyl (C=O) groups is 2. The van der Waals surface area contributed by atoms with Gasteiger partial charge in [0.15, 0.2) is 0 Å². The van der Waals surface area contributed by atoms with Gasteiger partial charge in [-0.05, 0) is 80.3 Å². The van der Waals surface area contributed by atoms with Gasteiger partial charge in [0.2, 0.25) is 11.8 Å². The average molecular weight is 580 g/mol. The molecule has 2 amide bonds. The molecule has 0 bridgehead atoms. The number of nitrogens with one attached hydrogen (secondary N) is 2. The van der Waals surface area contributed by atoms with E-state index in [1.54, 1.807) is 18.3 Å². The van der Waals surface area contributed by atoms with Crippen LogP contribution in [-0.4, -0.2) is 54.9 Å². The van der Waals surface area contributed by atoms with Crippen LogP contribution in [0.2, 0.25) is 0 Å². The van der Waals surface area contributed by atoms with Crippen molar-refractivity contribution in [3.63, 3.8) is 0 Å². The number of benzene rings is 2. The number of nitrogens with zero attached hydrogens (tertiary/aromatic N) is 3. The summed E-state index contributed by atoms with van der Waals surface area (Å²) in [5, 5.41) is 5.55. The van der Waals surface area contributed by atoms with Gasteiger partial charge >= 0.3 is 6.18 Å². The van der Waals surface area contributed by atoms with Gasteiger partial charge < -0.3 is 25.2 Å². The molecular formula is C31H32F3N5O3. The monoisotopic (exact) mass is 579 g/mol. The zero-order chi connectivity index (χ0) is 29.4. The summed E-state index contributed by atoms with van der Waals surface area (Å²) in [7, 11) is 1.99. The number of hydrogen-bond donors (Lipinski definition) is 2. The third kappa shape index (κ3) is 6.06. The van der Waals surface area contributed by atoms with E-state index in [2.05, 4.69) is 20.5 Å². The van der Waals surface area contributed by atoms with Crippen molar-refractivity contribution in [2.75, 3.05) is 48.8 Å². The molecule has 1 atom stereocenters. The Morgan fingerprint density at radius 2 is 1.83 bits per heavy atom. The summed E-state index contributed by atoms with van der Waals surface area (Å²) >= 11 is 0. The Morgan fingerprint density at radius 1 is 1.02 bits per heavy atom. The summed E-state index contributed by atoms with van der Waals surface area (Å²) < 4.78 is 47.5. The second-order valence-electron chi connectivity index (χ2n) is 11.2. The van der Waals surface area contributed by atoms with Crippen molar-refractivity contribution < 1.29 is 27.5 Å². The van der Waals surface area contributed by atoms with E-state index in [1.165, 1.54) is 0 Å². The molecule has 0 spiro atoms. The van der Waals surface area contributed by atoms with Crippen LogP contribution in [0.3, 0.4) is 0 Å². The first-order valence-electron chi connectivity index (χ1n) is 14.2. The zero-order valence-electron chi connectivity index (χ0n) is 23.3. The highest BCUT2D eigenvalue weighted by Gasteiger charge is 2.33. The second-order valence-corrected chi connectivity index (χ2v) is 11.2. The van der Waals surface area contributed by atoms with Crippen LogP contribution >= 0.6 is 0 Å². The highest BCUT2D eigenvalue weighted by molar-refractivity contribution is 5.94. The summed E-state index contributed by atoms with van der Waals surface area (Å²) in [5.41, 5.74) is 2.76. The number of amides is 2. The number of aromatic nitrogens is 1. The van der Waals surface area contributed by atoms with Gasteiger partial charge in [-0.3, -0.25) is 9.59 Å². The van der Waals surface area contributed by atoms with Gasteiger partial charge in [0.25, 0.3) is 0 Å². The molecule has 220 valence electrons. The Morgan fingerprint density at radius 3 is 2.62 bits per heavy atom. The highest BCUT2D eigenvalue weighted by atomic mass is 19.4. The molecule has 6 rings (SSSR count). The molecule has 0 saturated carbocycles. The number of halogens is 3. The topological polar surface area (TPSA) is 86.8 Å². The number of pyridine rings is 1. The minimum absolute atomic E-state index is 0.0778. The number of aryl methyl sites for hydroxylation is 1. The lowest BCUT2D eigenvalue weighted by molar-refractivity contribution is -0.137. The standard InChI is InChI=1S/C31H32F3N5O3/c1-38-10-12-39(13-11-38)24-17-22(31(32,33)34)16-23(18-24)36-30(41)20-3-2-19-4-5-25(15-21(19)14-20)42-27-8-9-35-29-26(27)6-7-28(40)37-29/h4-5,8-9,15-18,20H,2-3,6-7,10-14H2,1H3,(H,36,41)(H,35,37,40). The van der Waals surface area contributed by atoms with Crippen LogP contribution in [-0.2, 0) is 35.0 Å². The Hall–Kier alpha value is -4.12. The van der Waals surface area contributed by atoms with E-state index in [0.29, 0.717) is 68.2 Å². The van der Waals surface area contributed by atoms with E-state index in [-0.39, 0.29) is 17.5 Å². The maximum absolute atomic E-state index is 13.8. The predicted octanol–water partition coefficient (Wildman–Crippen LogP) is 5.27. The Labute approximate surface area is 241 Å². The molecule has 2 aromatic carbocycles. The third-order valence-corrected chi connectivity index (χ3v) is 8.26. The van der Waals surface area contributed by atoms with Crippen molar-refractivity contribution in [2.45, 2.75) is 38.3 Å². The van der Waals surface area contributed by atoms with E-state index < -0.39 is 17.7 Å². The lowest BCUT2D eigenvalue weighted by atomic mass is 9.83. The Kier molecular flexibility index (Phi) is 7.53. The number of fused-ring (bicyclic) bond motifs is 2. The summed E-state index contributed by atoms with van der Waals surface area (Å²) in [5.74, 6) is 0.961. The van der Waals surface area contributed by atoms with E-state index in [4.69, 9.17) is 4.74 Å². The van der Waals surface area contributed by atoms with Crippen molar-refractivity contribution in [1.82, 2.24) is 9.88 Å². The second kappa shape index (κ2) is 11.3.